The average molecular weight is 521 g/mol. The van der Waals surface area contributed by atoms with E-state index >= 15 is 0 Å². The van der Waals surface area contributed by atoms with Crippen LogP contribution in [0.2, 0.25) is 5.02 Å². The van der Waals surface area contributed by atoms with Crippen molar-refractivity contribution in [2.75, 3.05) is 19.6 Å². The Morgan fingerprint density at radius 2 is 1.94 bits per heavy atom. The number of nitrogens with one attached hydrogen (secondary N) is 4. The van der Waals surface area contributed by atoms with E-state index in [4.69, 9.17) is 11.6 Å². The van der Waals surface area contributed by atoms with Crippen LogP contribution >= 0.6 is 23.4 Å². The van der Waals surface area contributed by atoms with Crippen LogP contribution in [0.1, 0.15) is 25.3 Å². The minimum Gasteiger partial charge on any atom is -0.356 e. The highest BCUT2D eigenvalue weighted by molar-refractivity contribution is 8.03. The van der Waals surface area contributed by atoms with E-state index < -0.39 is 17.3 Å². The number of rotatable bonds is 9. The smallest absolute Gasteiger partial charge is 0.327 e. The molecule has 3 aliphatic rings. The predicted molar refractivity (Wildman–Crippen MR) is 133 cm³/mol. The lowest BCUT2D eigenvalue weighted by Gasteiger charge is -2.41. The second kappa shape index (κ2) is 11.4. The van der Waals surface area contributed by atoms with Crippen molar-refractivity contribution in [1.29, 1.82) is 0 Å². The minimum atomic E-state index is -0.557. The molecule has 4 unspecified atom stereocenters. The van der Waals surface area contributed by atoms with Gasteiger partial charge in [-0.15, -0.1) is 11.8 Å². The number of nitrogens with zero attached hydrogens (tertiary/aromatic N) is 2. The predicted octanol–water partition coefficient (Wildman–Crippen LogP) is 0.979. The number of carbonyl (C=O) groups is 4. The van der Waals surface area contributed by atoms with Gasteiger partial charge in [-0.3, -0.25) is 24.7 Å². The largest absolute Gasteiger partial charge is 0.356 e. The molecule has 35 heavy (non-hydrogen) atoms. The van der Waals surface area contributed by atoms with Crippen molar-refractivity contribution in [3.63, 3.8) is 0 Å². The van der Waals surface area contributed by atoms with E-state index in [2.05, 4.69) is 21.5 Å². The van der Waals surface area contributed by atoms with Gasteiger partial charge in [-0.1, -0.05) is 29.8 Å². The Hall–Kier alpha value is -2.60. The van der Waals surface area contributed by atoms with Crippen molar-refractivity contribution in [2.45, 2.75) is 49.7 Å². The topological polar surface area (TPSA) is 123 Å². The van der Waals surface area contributed by atoms with Crippen LogP contribution in [0.15, 0.2) is 35.7 Å². The zero-order chi connectivity index (χ0) is 24.9. The lowest BCUT2D eigenvalue weighted by molar-refractivity contribution is -0.133. The normalized spacial score (nSPS) is 25.7. The molecule has 1 aromatic carbocycles. The molecule has 0 aromatic heterocycles. The Balaban J connectivity index is 1.30. The molecule has 4 rings (SSSR count). The standard InChI is InChI=1S/C23H29ClN6O4S/c1-14-12-18(28-27-14)26-20(32)13-30-17-8-11-35-21(17)22(33)29(23(30)34)10-7-19(31)25-9-6-15-2-4-16(24)5-3-15/h2-5,8,11,14,17-18,21,27-28H,6-7,9-10,12-13H2,1H3,(H,25,31)(H,26,32). The van der Waals surface area contributed by atoms with Crippen molar-refractivity contribution in [1.82, 2.24) is 31.3 Å². The summed E-state index contributed by atoms with van der Waals surface area (Å²) in [7, 11) is 0. The molecule has 1 aromatic rings. The number of fused-ring (bicyclic) bond motifs is 1. The average Bonchev–Trinajstić information content (AvgIpc) is 3.47. The van der Waals surface area contributed by atoms with Crippen LogP contribution in [-0.4, -0.2) is 76.7 Å². The third-order valence-corrected chi connectivity index (χ3v) is 7.45. The lowest BCUT2D eigenvalue weighted by atomic mass is 10.1. The Morgan fingerprint density at radius 3 is 2.66 bits per heavy atom. The molecule has 4 N–H and O–H groups in total. The number of urea groups is 1. The first-order valence-electron chi connectivity index (χ1n) is 11.6. The number of benzene rings is 1. The molecule has 10 nitrogen and oxygen atoms in total. The van der Waals surface area contributed by atoms with Crippen molar-refractivity contribution in [3.8, 4) is 0 Å². The van der Waals surface area contributed by atoms with Crippen LogP contribution in [-0.2, 0) is 20.8 Å². The van der Waals surface area contributed by atoms with Gasteiger partial charge in [0.15, 0.2) is 0 Å². The van der Waals surface area contributed by atoms with Crippen molar-refractivity contribution >= 4 is 47.1 Å². The van der Waals surface area contributed by atoms with E-state index in [1.165, 1.54) is 16.7 Å². The second-order valence-electron chi connectivity index (χ2n) is 8.80. The van der Waals surface area contributed by atoms with E-state index in [1.54, 1.807) is 23.6 Å². The van der Waals surface area contributed by atoms with Crippen molar-refractivity contribution < 1.29 is 19.2 Å². The molecule has 3 heterocycles. The van der Waals surface area contributed by atoms with Gasteiger partial charge >= 0.3 is 6.03 Å². The summed E-state index contributed by atoms with van der Waals surface area (Å²) in [6.07, 6.45) is 2.90. The molecule has 0 radical (unpaired) electrons. The van der Waals surface area contributed by atoms with Gasteiger partial charge < -0.3 is 15.5 Å². The second-order valence-corrected chi connectivity index (χ2v) is 10.3. The van der Waals surface area contributed by atoms with Gasteiger partial charge in [-0.25, -0.2) is 10.2 Å². The Labute approximate surface area is 213 Å². The molecular formula is C23H29ClN6O4S. The molecule has 5 amide bonds. The summed E-state index contributed by atoms with van der Waals surface area (Å²) in [5, 5.41) is 7.60. The molecule has 0 saturated carbocycles. The number of hydrogen-bond donors (Lipinski definition) is 4. The summed E-state index contributed by atoms with van der Waals surface area (Å²) in [6, 6.07) is 6.57. The van der Waals surface area contributed by atoms with Gasteiger partial charge in [0, 0.05) is 30.6 Å². The first kappa shape index (κ1) is 25.5. The van der Waals surface area contributed by atoms with E-state index in [9.17, 15) is 19.2 Å². The first-order valence-corrected chi connectivity index (χ1v) is 12.9. The number of hydrazine groups is 1. The summed E-state index contributed by atoms with van der Waals surface area (Å²) in [5.74, 6) is -0.904. The van der Waals surface area contributed by atoms with Gasteiger partial charge in [0.05, 0.1) is 12.2 Å². The van der Waals surface area contributed by atoms with Crippen LogP contribution in [0.25, 0.3) is 0 Å². The monoisotopic (exact) mass is 520 g/mol. The summed E-state index contributed by atoms with van der Waals surface area (Å²) in [6.45, 7) is 2.21. The third kappa shape index (κ3) is 6.35. The maximum absolute atomic E-state index is 13.2. The first-order chi connectivity index (χ1) is 16.8. The number of hydrogen-bond acceptors (Lipinski definition) is 7. The van der Waals surface area contributed by atoms with Gasteiger partial charge in [0.1, 0.15) is 11.8 Å². The highest BCUT2D eigenvalue weighted by atomic mass is 35.5. The fourth-order valence-electron chi connectivity index (χ4n) is 4.28. The van der Waals surface area contributed by atoms with Gasteiger partial charge in [0.2, 0.25) is 17.7 Å². The molecular weight excluding hydrogens is 492 g/mol. The van der Waals surface area contributed by atoms with Crippen LogP contribution < -0.4 is 21.5 Å². The molecule has 0 aliphatic carbocycles. The fourth-order valence-corrected chi connectivity index (χ4v) is 5.47. The quantitative estimate of drug-likeness (QED) is 0.383. The van der Waals surface area contributed by atoms with E-state index in [0.29, 0.717) is 18.0 Å². The number of halogens is 1. The van der Waals surface area contributed by atoms with Crippen LogP contribution in [0, 0.1) is 0 Å². The Morgan fingerprint density at radius 1 is 1.17 bits per heavy atom. The fraction of sp³-hybridized carbons (Fsp3) is 0.478. The van der Waals surface area contributed by atoms with Gasteiger partial charge in [-0.05, 0) is 42.9 Å². The molecule has 4 atom stereocenters. The summed E-state index contributed by atoms with van der Waals surface area (Å²) in [5.41, 5.74) is 7.07. The number of thioether (sulfide) groups is 1. The van der Waals surface area contributed by atoms with Crippen molar-refractivity contribution in [2.24, 2.45) is 0 Å². The van der Waals surface area contributed by atoms with Crippen LogP contribution in [0.4, 0.5) is 4.79 Å². The molecule has 188 valence electrons. The zero-order valence-electron chi connectivity index (χ0n) is 19.3. The lowest BCUT2D eigenvalue weighted by Crippen LogP contribution is -2.64. The van der Waals surface area contributed by atoms with E-state index in [0.717, 1.165) is 16.9 Å². The molecule has 12 heteroatoms. The Kier molecular flexibility index (Phi) is 8.32. The summed E-state index contributed by atoms with van der Waals surface area (Å²) < 4.78 is 0. The number of imide groups is 1. The maximum Gasteiger partial charge on any atom is 0.327 e. The molecule has 2 fully saturated rings. The minimum absolute atomic E-state index is 0.0107. The molecule has 3 aliphatic heterocycles. The van der Waals surface area contributed by atoms with Crippen LogP contribution in [0.5, 0.6) is 0 Å². The summed E-state index contributed by atoms with van der Waals surface area (Å²) in [4.78, 5) is 53.6. The van der Waals surface area contributed by atoms with E-state index in [1.807, 2.05) is 19.1 Å². The molecule has 0 spiro atoms. The van der Waals surface area contributed by atoms with Crippen molar-refractivity contribution in [3.05, 3.63) is 46.3 Å². The van der Waals surface area contributed by atoms with E-state index in [-0.39, 0.29) is 49.4 Å². The highest BCUT2D eigenvalue weighted by Crippen LogP contribution is 2.34. The molecule has 2 saturated heterocycles. The van der Waals surface area contributed by atoms with Gasteiger partial charge in [-0.2, -0.15) is 0 Å². The number of carbonyl (C=O) groups excluding carboxylic acids is 4. The SMILES string of the molecule is CC1CC(NC(=O)CN2C(=O)N(CCC(=O)NCCc3ccc(Cl)cc3)C(=O)C3SC=CC32)NN1. The molecule has 0 bridgehead atoms. The van der Waals surface area contributed by atoms with Crippen LogP contribution in [0.3, 0.4) is 0 Å². The highest BCUT2D eigenvalue weighted by Gasteiger charge is 2.47. The number of amides is 5. The Bertz CT molecular complexity index is 1010. The zero-order valence-corrected chi connectivity index (χ0v) is 20.9. The third-order valence-electron chi connectivity index (χ3n) is 6.11. The van der Waals surface area contributed by atoms with Gasteiger partial charge in [0.25, 0.3) is 0 Å². The summed E-state index contributed by atoms with van der Waals surface area (Å²) >= 11 is 7.21. The maximum atomic E-state index is 13.2.